The maximum absolute atomic E-state index is 15.4. The molecule has 0 spiro atoms. The summed E-state index contributed by atoms with van der Waals surface area (Å²) in [4.78, 5) is 25.7. The van der Waals surface area contributed by atoms with Gasteiger partial charge in [-0.15, -0.1) is 0 Å². The predicted molar refractivity (Wildman–Crippen MR) is 154 cm³/mol. The van der Waals surface area contributed by atoms with Crippen LogP contribution in [0.2, 0.25) is 0 Å². The van der Waals surface area contributed by atoms with Crippen LogP contribution in [0, 0.1) is 25.6 Å². The second-order valence-corrected chi connectivity index (χ2v) is 10.9. The topological polar surface area (TPSA) is 148 Å². The fourth-order valence-corrected chi connectivity index (χ4v) is 5.80. The molecule has 11 nitrogen and oxygen atoms in total. The quantitative estimate of drug-likeness (QED) is 0.226. The van der Waals surface area contributed by atoms with Gasteiger partial charge in [0, 0.05) is 19.2 Å². The van der Waals surface area contributed by atoms with E-state index >= 15 is 4.39 Å². The summed E-state index contributed by atoms with van der Waals surface area (Å²) in [6.45, 7) is 4.44. The van der Waals surface area contributed by atoms with Gasteiger partial charge in [-0.2, -0.15) is 10.1 Å². The van der Waals surface area contributed by atoms with E-state index in [2.05, 4.69) is 20.3 Å². The van der Waals surface area contributed by atoms with Gasteiger partial charge in [-0.05, 0) is 74.8 Å². The third-order valence-corrected chi connectivity index (χ3v) is 7.84. The van der Waals surface area contributed by atoms with E-state index in [1.54, 1.807) is 19.2 Å². The Morgan fingerprint density at radius 1 is 1.20 bits per heavy atom. The molecule has 1 saturated carbocycles. The number of nitrogens with zero attached hydrogens (tertiary/aromatic N) is 6. The highest BCUT2D eigenvalue weighted by atomic mass is 19.1. The molecule has 1 fully saturated rings. The fourth-order valence-electron chi connectivity index (χ4n) is 5.80. The van der Waals surface area contributed by atoms with Crippen molar-refractivity contribution in [2.24, 2.45) is 5.92 Å². The highest BCUT2D eigenvalue weighted by Gasteiger charge is 2.28. The number of fused-ring (bicyclic) bond motifs is 2. The van der Waals surface area contributed by atoms with E-state index in [9.17, 15) is 9.90 Å². The molecule has 3 aromatic heterocycles. The number of halogens is 1. The molecule has 0 bridgehead atoms. The number of rotatable bonds is 6. The largest absolute Gasteiger partial charge is 0.465 e. The van der Waals surface area contributed by atoms with Crippen molar-refractivity contribution in [3.8, 4) is 11.3 Å². The second kappa shape index (κ2) is 10.3. The summed E-state index contributed by atoms with van der Waals surface area (Å²) in [5, 5.41) is 17.6. The molecular weight excluding hydrogens is 527 g/mol. The Morgan fingerprint density at radius 3 is 2.71 bits per heavy atom. The van der Waals surface area contributed by atoms with Crippen LogP contribution in [0.4, 0.5) is 26.7 Å². The monoisotopic (exact) mass is 558 g/mol. The third-order valence-electron chi connectivity index (χ3n) is 7.84. The van der Waals surface area contributed by atoms with Crippen LogP contribution in [0.25, 0.3) is 33.4 Å². The Hall–Kier alpha value is -4.74. The van der Waals surface area contributed by atoms with E-state index in [4.69, 9.17) is 15.2 Å². The number of carbonyl (C=O) groups is 1. The molecule has 3 heterocycles. The maximum atomic E-state index is 15.4. The van der Waals surface area contributed by atoms with E-state index in [1.165, 1.54) is 17.3 Å². The fraction of sp³-hybridized carbons (Fsp3) is 0.345. The first-order valence-corrected chi connectivity index (χ1v) is 13.6. The normalized spacial score (nSPS) is 17.3. The van der Waals surface area contributed by atoms with Crippen LogP contribution in [-0.4, -0.2) is 54.4 Å². The molecule has 4 N–H and O–H groups in total. The molecule has 1 aliphatic rings. The zero-order valence-corrected chi connectivity index (χ0v) is 23.1. The average Bonchev–Trinajstić information content (AvgIpc) is 3.53. The van der Waals surface area contributed by atoms with Crippen molar-refractivity contribution in [1.82, 2.24) is 29.6 Å². The van der Waals surface area contributed by atoms with E-state index in [1.807, 2.05) is 30.7 Å². The van der Waals surface area contributed by atoms with Gasteiger partial charge < -0.3 is 25.5 Å². The molecular formula is C29H31FN8O3. The van der Waals surface area contributed by atoms with Crippen LogP contribution >= 0.6 is 0 Å². The van der Waals surface area contributed by atoms with Gasteiger partial charge in [-0.1, -0.05) is 12.1 Å². The minimum absolute atomic E-state index is 0.0592. The second-order valence-electron chi connectivity index (χ2n) is 10.9. The number of oxazole rings is 1. The Labute approximate surface area is 235 Å². The smallest absolute Gasteiger partial charge is 0.407 e. The van der Waals surface area contributed by atoms with Crippen molar-refractivity contribution in [1.29, 1.82) is 0 Å². The van der Waals surface area contributed by atoms with Gasteiger partial charge in [-0.25, -0.2) is 23.8 Å². The molecule has 0 aliphatic heterocycles. The first kappa shape index (κ1) is 26.5. The lowest BCUT2D eigenvalue weighted by Gasteiger charge is -2.30. The first-order chi connectivity index (χ1) is 19.7. The lowest BCUT2D eigenvalue weighted by molar-refractivity contribution is 0.139. The molecule has 41 heavy (non-hydrogen) atoms. The number of benzene rings is 2. The van der Waals surface area contributed by atoms with Gasteiger partial charge in [0.05, 0.1) is 17.1 Å². The van der Waals surface area contributed by atoms with E-state index in [0.29, 0.717) is 39.9 Å². The standard InChI is InChI=1S/C29H31FN8O3/c1-15-10-16(2)25-22(11-15)35-28(41-25)34-21-9-6-18(12-20(21)30)24-23-26(31)32-14-33-27(23)38(36-24)19-7-4-17(5-8-19)13-37(3)29(39)40/h6,9-12,14,17,19H,4-5,7-8,13H2,1-3H3,(H,34,35)(H,39,40)(H2,31,32,33). The molecule has 0 radical (unpaired) electrons. The highest BCUT2D eigenvalue weighted by Crippen LogP contribution is 2.38. The van der Waals surface area contributed by atoms with Crippen molar-refractivity contribution in [3.05, 3.63) is 53.6 Å². The van der Waals surface area contributed by atoms with Gasteiger partial charge in [0.2, 0.25) is 0 Å². The SMILES string of the molecule is Cc1cc(C)c2oc(Nc3ccc(-c4nn(C5CCC(CN(C)C(=O)O)CC5)c5ncnc(N)c45)cc3F)nc2c1. The minimum atomic E-state index is -0.922. The minimum Gasteiger partial charge on any atom is -0.465 e. The number of amides is 1. The zero-order chi connectivity index (χ0) is 28.8. The number of carboxylic acid groups (broad SMARTS) is 1. The van der Waals surface area contributed by atoms with Crippen molar-refractivity contribution in [2.75, 3.05) is 24.6 Å². The van der Waals surface area contributed by atoms with Crippen molar-refractivity contribution >= 4 is 45.7 Å². The molecule has 5 aromatic rings. The number of hydrogen-bond acceptors (Lipinski definition) is 8. The van der Waals surface area contributed by atoms with Crippen molar-refractivity contribution in [2.45, 2.75) is 45.6 Å². The molecule has 1 aliphatic carbocycles. The van der Waals surface area contributed by atoms with E-state index in [0.717, 1.165) is 36.8 Å². The number of nitrogens with one attached hydrogen (secondary N) is 1. The lowest BCUT2D eigenvalue weighted by atomic mass is 9.86. The average molecular weight is 559 g/mol. The van der Waals surface area contributed by atoms with Gasteiger partial charge >= 0.3 is 6.09 Å². The van der Waals surface area contributed by atoms with Gasteiger partial charge in [-0.3, -0.25) is 0 Å². The summed E-state index contributed by atoms with van der Waals surface area (Å²) in [5.74, 6) is 0.0586. The van der Waals surface area contributed by atoms with Crippen molar-refractivity contribution < 1.29 is 18.7 Å². The third kappa shape index (κ3) is 5.01. The van der Waals surface area contributed by atoms with Crippen LogP contribution in [0.5, 0.6) is 0 Å². The van der Waals surface area contributed by atoms with Crippen LogP contribution in [0.15, 0.2) is 41.1 Å². The van der Waals surface area contributed by atoms with Crippen molar-refractivity contribution in [3.63, 3.8) is 0 Å². The Morgan fingerprint density at radius 2 is 1.98 bits per heavy atom. The summed E-state index contributed by atoms with van der Waals surface area (Å²) >= 11 is 0. The lowest BCUT2D eigenvalue weighted by Crippen LogP contribution is -2.32. The first-order valence-electron chi connectivity index (χ1n) is 13.6. The van der Waals surface area contributed by atoms with E-state index in [-0.39, 0.29) is 29.5 Å². The summed E-state index contributed by atoms with van der Waals surface area (Å²) in [6, 6.07) is 8.98. The van der Waals surface area contributed by atoms with Gasteiger partial charge in [0.1, 0.15) is 29.2 Å². The Bertz CT molecular complexity index is 1770. The summed E-state index contributed by atoms with van der Waals surface area (Å²) < 4.78 is 23.1. The number of anilines is 3. The molecule has 0 unspecified atom stereocenters. The van der Waals surface area contributed by atoms with Crippen LogP contribution in [0.1, 0.15) is 42.9 Å². The molecule has 6 rings (SSSR count). The van der Waals surface area contributed by atoms with Crippen LogP contribution in [-0.2, 0) is 0 Å². The van der Waals surface area contributed by atoms with Gasteiger partial charge in [0.15, 0.2) is 11.2 Å². The summed E-state index contributed by atoms with van der Waals surface area (Å²) in [5.41, 5.74) is 11.5. The van der Waals surface area contributed by atoms with Gasteiger partial charge in [0.25, 0.3) is 6.01 Å². The molecule has 2 aromatic carbocycles. The summed E-state index contributed by atoms with van der Waals surface area (Å²) in [6.07, 6.45) is 3.85. The number of aryl methyl sites for hydroxylation is 2. The predicted octanol–water partition coefficient (Wildman–Crippen LogP) is 6.06. The number of nitrogens with two attached hydrogens (primary N) is 1. The maximum Gasteiger partial charge on any atom is 0.407 e. The molecule has 0 atom stereocenters. The number of aromatic nitrogens is 5. The number of hydrogen-bond donors (Lipinski definition) is 3. The van der Waals surface area contributed by atoms with E-state index < -0.39 is 11.9 Å². The number of nitrogen functional groups attached to an aromatic ring is 1. The Kier molecular flexibility index (Phi) is 6.68. The summed E-state index contributed by atoms with van der Waals surface area (Å²) in [7, 11) is 1.59. The zero-order valence-electron chi connectivity index (χ0n) is 23.1. The molecule has 0 saturated heterocycles. The van der Waals surface area contributed by atoms with Crippen LogP contribution < -0.4 is 11.1 Å². The highest BCUT2D eigenvalue weighted by molar-refractivity contribution is 5.98. The molecule has 1 amide bonds. The molecule has 12 heteroatoms. The Balaban J connectivity index is 1.28. The molecule has 212 valence electrons. The van der Waals surface area contributed by atoms with Crippen LogP contribution in [0.3, 0.4) is 0 Å².